The summed E-state index contributed by atoms with van der Waals surface area (Å²) in [7, 11) is 0. The lowest BCUT2D eigenvalue weighted by Crippen LogP contribution is -2.38. The molecule has 0 radical (unpaired) electrons. The van der Waals surface area contributed by atoms with Crippen molar-refractivity contribution in [3.8, 4) is 0 Å². The highest BCUT2D eigenvalue weighted by Gasteiger charge is 2.25. The van der Waals surface area contributed by atoms with E-state index in [0.29, 0.717) is 0 Å². The molecule has 0 spiro atoms. The lowest BCUT2D eigenvalue weighted by Gasteiger charge is -2.31. The van der Waals surface area contributed by atoms with Crippen molar-refractivity contribution >= 4 is 11.3 Å². The summed E-state index contributed by atoms with van der Waals surface area (Å²) in [5.41, 5.74) is 3.24. The van der Waals surface area contributed by atoms with Gasteiger partial charge >= 0.3 is 0 Å². The lowest BCUT2D eigenvalue weighted by atomic mass is 10.1. The molecule has 5 nitrogen and oxygen atoms in total. The number of hydrogen-bond acceptors (Lipinski definition) is 6. The van der Waals surface area contributed by atoms with E-state index in [9.17, 15) is 0 Å². The molecular weight excluding hydrogens is 274 g/mol. The van der Waals surface area contributed by atoms with E-state index < -0.39 is 0 Å². The fourth-order valence-electron chi connectivity index (χ4n) is 2.47. The number of thiazole rings is 1. The summed E-state index contributed by atoms with van der Waals surface area (Å²) in [6.07, 6.45) is 0.0860. The Kier molecular flexibility index (Phi) is 3.87. The molecule has 6 heteroatoms. The van der Waals surface area contributed by atoms with Gasteiger partial charge in [-0.2, -0.15) is 0 Å². The number of nitrogens with zero attached hydrogens (tertiary/aromatic N) is 3. The zero-order chi connectivity index (χ0) is 14.1. The molecule has 0 N–H and O–H groups in total. The average Bonchev–Trinajstić information content (AvgIpc) is 3.00. The Hall–Kier alpha value is -1.24. The van der Waals surface area contributed by atoms with Crippen molar-refractivity contribution in [2.45, 2.75) is 33.4 Å². The van der Waals surface area contributed by atoms with E-state index >= 15 is 0 Å². The summed E-state index contributed by atoms with van der Waals surface area (Å²) in [5, 5.41) is 7.17. The first-order valence-corrected chi connectivity index (χ1v) is 7.69. The second kappa shape index (κ2) is 5.63. The number of ether oxygens (including phenoxy) is 1. The molecule has 0 amide bonds. The lowest BCUT2D eigenvalue weighted by molar-refractivity contribution is -0.0332. The van der Waals surface area contributed by atoms with Gasteiger partial charge in [0, 0.05) is 36.3 Å². The van der Waals surface area contributed by atoms with Crippen LogP contribution in [0.25, 0.3) is 0 Å². The third-order valence-electron chi connectivity index (χ3n) is 3.63. The summed E-state index contributed by atoms with van der Waals surface area (Å²) < 4.78 is 11.1. The van der Waals surface area contributed by atoms with E-state index in [2.05, 4.69) is 20.4 Å². The summed E-state index contributed by atoms with van der Waals surface area (Å²) in [6, 6.07) is 0. The molecule has 1 fully saturated rings. The van der Waals surface area contributed by atoms with Crippen LogP contribution in [-0.2, 0) is 11.3 Å². The monoisotopic (exact) mass is 293 g/mol. The highest BCUT2D eigenvalue weighted by atomic mass is 32.1. The highest BCUT2D eigenvalue weighted by molar-refractivity contribution is 7.09. The van der Waals surface area contributed by atoms with Gasteiger partial charge in [0.1, 0.15) is 16.9 Å². The maximum Gasteiger partial charge on any atom is 0.138 e. The summed E-state index contributed by atoms with van der Waals surface area (Å²) >= 11 is 1.68. The topological polar surface area (TPSA) is 51.4 Å². The molecule has 3 rings (SSSR count). The van der Waals surface area contributed by atoms with Crippen molar-refractivity contribution in [3.05, 3.63) is 33.1 Å². The van der Waals surface area contributed by atoms with Crippen molar-refractivity contribution in [2.24, 2.45) is 0 Å². The summed E-state index contributed by atoms with van der Waals surface area (Å²) in [5.74, 6) is 0.913. The molecule has 20 heavy (non-hydrogen) atoms. The fourth-order valence-corrected chi connectivity index (χ4v) is 3.30. The van der Waals surface area contributed by atoms with Gasteiger partial charge < -0.3 is 9.26 Å². The molecule has 1 saturated heterocycles. The van der Waals surface area contributed by atoms with Gasteiger partial charge in [-0.1, -0.05) is 5.16 Å². The Morgan fingerprint density at radius 2 is 2.25 bits per heavy atom. The first-order chi connectivity index (χ1) is 9.63. The molecule has 0 bridgehead atoms. The molecule has 2 aromatic heterocycles. The molecule has 108 valence electrons. The minimum absolute atomic E-state index is 0.0860. The Morgan fingerprint density at radius 1 is 1.40 bits per heavy atom. The second-order valence-corrected chi connectivity index (χ2v) is 6.11. The second-order valence-electron chi connectivity index (χ2n) is 5.22. The van der Waals surface area contributed by atoms with Crippen molar-refractivity contribution < 1.29 is 9.26 Å². The quantitative estimate of drug-likeness (QED) is 0.870. The molecule has 0 aliphatic carbocycles. The van der Waals surface area contributed by atoms with Crippen LogP contribution in [0, 0.1) is 20.8 Å². The van der Waals surface area contributed by atoms with E-state index in [4.69, 9.17) is 9.26 Å². The molecule has 1 aliphatic rings. The average molecular weight is 293 g/mol. The number of hydrogen-bond donors (Lipinski definition) is 0. The van der Waals surface area contributed by atoms with Gasteiger partial charge in [0.2, 0.25) is 0 Å². The van der Waals surface area contributed by atoms with Gasteiger partial charge in [-0.05, 0) is 20.8 Å². The third kappa shape index (κ3) is 2.77. The maximum absolute atomic E-state index is 5.85. The Labute approximate surface area is 122 Å². The zero-order valence-corrected chi connectivity index (χ0v) is 12.9. The van der Waals surface area contributed by atoms with Crippen molar-refractivity contribution in [2.75, 3.05) is 19.7 Å². The van der Waals surface area contributed by atoms with Crippen LogP contribution in [0.2, 0.25) is 0 Å². The zero-order valence-electron chi connectivity index (χ0n) is 12.0. The number of morpholine rings is 1. The first kappa shape index (κ1) is 13.7. The molecule has 1 aliphatic heterocycles. The van der Waals surface area contributed by atoms with E-state index in [1.54, 1.807) is 11.3 Å². The predicted octanol–water partition coefficient (Wildman–Crippen LogP) is 2.63. The maximum atomic E-state index is 5.85. The van der Waals surface area contributed by atoms with Gasteiger partial charge in [0.05, 0.1) is 12.3 Å². The van der Waals surface area contributed by atoms with Gasteiger partial charge in [-0.3, -0.25) is 4.90 Å². The highest BCUT2D eigenvalue weighted by Crippen LogP contribution is 2.26. The smallest absolute Gasteiger partial charge is 0.138 e. The predicted molar refractivity (Wildman–Crippen MR) is 76.8 cm³/mol. The molecular formula is C14H19N3O2S. The van der Waals surface area contributed by atoms with Gasteiger partial charge in [-0.15, -0.1) is 11.3 Å². The van der Waals surface area contributed by atoms with Crippen LogP contribution in [0.15, 0.2) is 9.90 Å². The van der Waals surface area contributed by atoms with Crippen molar-refractivity contribution in [1.29, 1.82) is 0 Å². The first-order valence-electron chi connectivity index (χ1n) is 6.81. The minimum Gasteiger partial charge on any atom is -0.368 e. The largest absolute Gasteiger partial charge is 0.368 e. The molecule has 2 aromatic rings. The van der Waals surface area contributed by atoms with Crippen molar-refractivity contribution in [3.63, 3.8) is 0 Å². The van der Waals surface area contributed by atoms with Crippen LogP contribution in [-0.4, -0.2) is 34.7 Å². The third-order valence-corrected chi connectivity index (χ3v) is 4.68. The molecule has 0 saturated carbocycles. The van der Waals surface area contributed by atoms with Gasteiger partial charge in [-0.25, -0.2) is 4.98 Å². The van der Waals surface area contributed by atoms with Crippen LogP contribution < -0.4 is 0 Å². The standard InChI is InChI=1S/C14H19N3O2S/c1-9-8-20-14(15-9)13-7-17(4-5-18-13)6-12-10(2)16-19-11(12)3/h8,13H,4-7H2,1-3H3. The fraction of sp³-hybridized carbons (Fsp3) is 0.571. The van der Waals surface area contributed by atoms with Gasteiger partial charge in [0.15, 0.2) is 0 Å². The van der Waals surface area contributed by atoms with E-state index in [1.807, 2.05) is 20.8 Å². The molecule has 3 heterocycles. The summed E-state index contributed by atoms with van der Waals surface area (Å²) in [6.45, 7) is 9.40. The van der Waals surface area contributed by atoms with Crippen LogP contribution in [0.5, 0.6) is 0 Å². The molecule has 1 atom stereocenters. The number of aromatic nitrogens is 2. The summed E-state index contributed by atoms with van der Waals surface area (Å²) in [4.78, 5) is 6.92. The van der Waals surface area contributed by atoms with E-state index in [0.717, 1.165) is 48.4 Å². The number of aryl methyl sites for hydroxylation is 3. The molecule has 1 unspecified atom stereocenters. The Morgan fingerprint density at radius 3 is 2.90 bits per heavy atom. The normalized spacial score (nSPS) is 20.4. The van der Waals surface area contributed by atoms with Crippen molar-refractivity contribution in [1.82, 2.24) is 15.0 Å². The number of rotatable bonds is 3. The Bertz CT molecular complexity index is 574. The molecule has 0 aromatic carbocycles. The van der Waals surface area contributed by atoms with Gasteiger partial charge in [0.25, 0.3) is 0 Å². The minimum atomic E-state index is 0.0860. The van der Waals surface area contributed by atoms with Crippen LogP contribution in [0.1, 0.15) is 33.8 Å². The SMILES string of the molecule is Cc1csc(C2CN(Cc3c(C)noc3C)CCO2)n1. The van der Waals surface area contributed by atoms with Crippen LogP contribution in [0.3, 0.4) is 0 Å². The van der Waals surface area contributed by atoms with Crippen LogP contribution >= 0.6 is 11.3 Å². The van der Waals surface area contributed by atoms with E-state index in [1.165, 1.54) is 5.56 Å². The Balaban J connectivity index is 1.69. The van der Waals surface area contributed by atoms with Crippen LogP contribution in [0.4, 0.5) is 0 Å². The van der Waals surface area contributed by atoms with E-state index in [-0.39, 0.29) is 6.10 Å².